The number of nitrogens with zero attached hydrogens (tertiary/aromatic N) is 4. The number of fused-ring (bicyclic) bond motifs is 6. The van der Waals surface area contributed by atoms with Gasteiger partial charge in [-0.1, -0.05) is 127 Å². The number of rotatable bonds is 5. The zero-order valence-electron chi connectivity index (χ0n) is 27.6. The zero-order valence-corrected chi connectivity index (χ0v) is 28.4. The Morgan fingerprint density at radius 3 is 1.86 bits per heavy atom. The second-order valence-electron chi connectivity index (χ2n) is 13.0. The van der Waals surface area contributed by atoms with Crippen molar-refractivity contribution in [3.05, 3.63) is 181 Å². The smallest absolute Gasteiger partial charge is 0.165 e. The standard InChI is InChI=1S/C46H30N4S/c1-4-12-29(13-5-1)32-21-22-33-27-39(42-35(38(33)26-32)20-11-25-47-42)34-23-24-41-40(28-34)36-18-10-19-37(43(36)51-41)46-49-44(30-14-6-2-7-15-30)48-45(50-46)31-16-8-3-9-17-31/h1-26,28,39H,27H2. The quantitative estimate of drug-likeness (QED) is 0.183. The fourth-order valence-electron chi connectivity index (χ4n) is 7.47. The Bertz CT molecular complexity index is 2660. The molecule has 10 rings (SSSR count). The number of hydrogen-bond donors (Lipinski definition) is 0. The highest BCUT2D eigenvalue weighted by atomic mass is 32.1. The van der Waals surface area contributed by atoms with Crippen LogP contribution in [0.2, 0.25) is 0 Å². The monoisotopic (exact) mass is 670 g/mol. The lowest BCUT2D eigenvalue weighted by Crippen LogP contribution is -2.14. The molecule has 5 heteroatoms. The number of aromatic nitrogens is 4. The second-order valence-corrected chi connectivity index (χ2v) is 14.1. The minimum absolute atomic E-state index is 0.157. The number of pyridine rings is 1. The van der Waals surface area contributed by atoms with Crippen LogP contribution in [0.15, 0.2) is 164 Å². The van der Waals surface area contributed by atoms with Crippen molar-refractivity contribution < 1.29 is 0 Å². The molecule has 0 fully saturated rings. The first-order valence-corrected chi connectivity index (χ1v) is 18.0. The number of hydrogen-bond acceptors (Lipinski definition) is 5. The molecule has 6 aromatic carbocycles. The maximum absolute atomic E-state index is 5.06. The van der Waals surface area contributed by atoms with Gasteiger partial charge in [0.2, 0.25) is 0 Å². The molecule has 3 aromatic heterocycles. The van der Waals surface area contributed by atoms with Crippen LogP contribution >= 0.6 is 11.3 Å². The maximum Gasteiger partial charge on any atom is 0.165 e. The second kappa shape index (κ2) is 12.2. The van der Waals surface area contributed by atoms with Crippen LogP contribution in [0.3, 0.4) is 0 Å². The molecule has 1 unspecified atom stereocenters. The minimum Gasteiger partial charge on any atom is -0.260 e. The van der Waals surface area contributed by atoms with Crippen LogP contribution in [0.1, 0.15) is 22.7 Å². The Kier molecular flexibility index (Phi) is 7.10. The molecule has 0 saturated heterocycles. The molecule has 0 aliphatic heterocycles. The molecule has 51 heavy (non-hydrogen) atoms. The SMILES string of the molecule is c1ccc(-c2ccc3c(c2)-c2cccnc2C(c2ccc4sc5c(-c6nc(-c7ccccc7)nc(-c7ccccc7)n6)cccc5c4c2)C3)cc1. The summed E-state index contributed by atoms with van der Waals surface area (Å²) in [5.41, 5.74) is 11.7. The van der Waals surface area contributed by atoms with E-state index in [2.05, 4.69) is 97.1 Å². The fourth-order valence-corrected chi connectivity index (χ4v) is 8.66. The van der Waals surface area contributed by atoms with Crippen LogP contribution in [-0.2, 0) is 6.42 Å². The van der Waals surface area contributed by atoms with Gasteiger partial charge < -0.3 is 0 Å². The Morgan fingerprint density at radius 1 is 0.471 bits per heavy atom. The van der Waals surface area contributed by atoms with Gasteiger partial charge in [-0.15, -0.1) is 11.3 Å². The van der Waals surface area contributed by atoms with Crippen LogP contribution in [0.4, 0.5) is 0 Å². The van der Waals surface area contributed by atoms with E-state index >= 15 is 0 Å². The van der Waals surface area contributed by atoms with Crippen LogP contribution < -0.4 is 0 Å². The van der Waals surface area contributed by atoms with Crippen molar-refractivity contribution in [2.75, 3.05) is 0 Å². The lowest BCUT2D eigenvalue weighted by Gasteiger charge is -2.28. The van der Waals surface area contributed by atoms with Crippen molar-refractivity contribution in [3.8, 4) is 56.4 Å². The highest BCUT2D eigenvalue weighted by Crippen LogP contribution is 2.45. The summed E-state index contributed by atoms with van der Waals surface area (Å²) < 4.78 is 2.42. The molecule has 0 spiro atoms. The van der Waals surface area contributed by atoms with E-state index in [9.17, 15) is 0 Å². The lowest BCUT2D eigenvalue weighted by molar-refractivity contribution is 0.764. The topological polar surface area (TPSA) is 51.6 Å². The number of thiophene rings is 1. The van der Waals surface area contributed by atoms with Gasteiger partial charge in [-0.2, -0.15) is 0 Å². The maximum atomic E-state index is 5.06. The molecule has 4 nitrogen and oxygen atoms in total. The first kappa shape index (κ1) is 29.6. The lowest BCUT2D eigenvalue weighted by atomic mass is 9.77. The average Bonchev–Trinajstić information content (AvgIpc) is 3.59. The summed E-state index contributed by atoms with van der Waals surface area (Å²) >= 11 is 1.80. The van der Waals surface area contributed by atoms with Crippen LogP contribution in [-0.4, -0.2) is 19.9 Å². The molecular weight excluding hydrogens is 641 g/mol. The van der Waals surface area contributed by atoms with Crippen molar-refractivity contribution in [2.24, 2.45) is 0 Å². The third kappa shape index (κ3) is 5.22. The van der Waals surface area contributed by atoms with Crippen LogP contribution in [0.25, 0.3) is 76.6 Å². The van der Waals surface area contributed by atoms with Crippen LogP contribution in [0, 0.1) is 0 Å². The largest absolute Gasteiger partial charge is 0.260 e. The summed E-state index contributed by atoms with van der Waals surface area (Å²) in [5, 5.41) is 2.46. The third-order valence-electron chi connectivity index (χ3n) is 9.96. The normalized spacial score (nSPS) is 13.6. The van der Waals surface area contributed by atoms with Gasteiger partial charge in [-0.05, 0) is 64.6 Å². The van der Waals surface area contributed by atoms with Gasteiger partial charge in [-0.3, -0.25) is 4.98 Å². The van der Waals surface area contributed by atoms with E-state index in [1.54, 1.807) is 11.3 Å². The summed E-state index contributed by atoms with van der Waals surface area (Å²) in [6.07, 6.45) is 2.84. The minimum atomic E-state index is 0.157. The third-order valence-corrected chi connectivity index (χ3v) is 11.2. The fraction of sp³-hybridized carbons (Fsp3) is 0.0435. The highest BCUT2D eigenvalue weighted by molar-refractivity contribution is 7.26. The van der Waals surface area contributed by atoms with Crippen molar-refractivity contribution in [3.63, 3.8) is 0 Å². The van der Waals surface area contributed by atoms with Crippen molar-refractivity contribution in [1.29, 1.82) is 0 Å². The molecule has 0 saturated carbocycles. The van der Waals surface area contributed by atoms with E-state index in [0.717, 1.165) is 28.8 Å². The summed E-state index contributed by atoms with van der Waals surface area (Å²) in [6, 6.07) is 55.6. The highest BCUT2D eigenvalue weighted by Gasteiger charge is 2.28. The Hall–Kier alpha value is -6.30. The number of benzene rings is 6. The Morgan fingerprint density at radius 2 is 1.14 bits per heavy atom. The van der Waals surface area contributed by atoms with E-state index in [1.165, 1.54) is 53.6 Å². The van der Waals surface area contributed by atoms with E-state index in [0.29, 0.717) is 17.5 Å². The van der Waals surface area contributed by atoms with Gasteiger partial charge in [0.1, 0.15) is 0 Å². The average molecular weight is 671 g/mol. The molecule has 9 aromatic rings. The van der Waals surface area contributed by atoms with Gasteiger partial charge in [0, 0.05) is 54.5 Å². The first-order valence-electron chi connectivity index (χ1n) is 17.2. The van der Waals surface area contributed by atoms with Crippen molar-refractivity contribution in [1.82, 2.24) is 19.9 Å². The zero-order chi connectivity index (χ0) is 33.7. The summed E-state index contributed by atoms with van der Waals surface area (Å²) in [6.45, 7) is 0. The predicted molar refractivity (Wildman–Crippen MR) is 210 cm³/mol. The summed E-state index contributed by atoms with van der Waals surface area (Å²) in [5.74, 6) is 2.17. The van der Waals surface area contributed by atoms with Gasteiger partial charge in [0.25, 0.3) is 0 Å². The molecule has 0 radical (unpaired) electrons. The Labute approximate surface area is 299 Å². The van der Waals surface area contributed by atoms with Gasteiger partial charge in [0.15, 0.2) is 17.5 Å². The molecule has 1 atom stereocenters. The van der Waals surface area contributed by atoms with Gasteiger partial charge >= 0.3 is 0 Å². The molecule has 3 heterocycles. The predicted octanol–water partition coefficient (Wildman–Crippen LogP) is 11.7. The van der Waals surface area contributed by atoms with Crippen molar-refractivity contribution >= 4 is 31.5 Å². The van der Waals surface area contributed by atoms with Gasteiger partial charge in [-0.25, -0.2) is 15.0 Å². The summed E-state index contributed by atoms with van der Waals surface area (Å²) in [4.78, 5) is 20.0. The molecule has 0 N–H and O–H groups in total. The van der Waals surface area contributed by atoms with Gasteiger partial charge in [0.05, 0.1) is 5.69 Å². The molecule has 240 valence electrons. The molecular formula is C46H30N4S. The van der Waals surface area contributed by atoms with Crippen molar-refractivity contribution in [2.45, 2.75) is 12.3 Å². The summed E-state index contributed by atoms with van der Waals surface area (Å²) in [7, 11) is 0. The van der Waals surface area contributed by atoms with E-state index in [4.69, 9.17) is 19.9 Å². The molecule has 0 bridgehead atoms. The molecule has 1 aliphatic carbocycles. The molecule has 0 amide bonds. The van der Waals surface area contributed by atoms with Crippen LogP contribution in [0.5, 0.6) is 0 Å². The van der Waals surface area contributed by atoms with E-state index in [1.807, 2.05) is 66.9 Å². The van der Waals surface area contributed by atoms with E-state index in [-0.39, 0.29) is 5.92 Å². The molecule has 1 aliphatic rings. The Balaban J connectivity index is 1.08. The van der Waals surface area contributed by atoms with E-state index < -0.39 is 0 Å². The first-order chi connectivity index (χ1) is 25.3.